The Morgan fingerprint density at radius 2 is 2.15 bits per heavy atom. The van der Waals surface area contributed by atoms with Crippen molar-refractivity contribution in [3.63, 3.8) is 0 Å². The summed E-state index contributed by atoms with van der Waals surface area (Å²) < 4.78 is 12.8. The first-order valence-corrected chi connectivity index (χ1v) is 4.13. The van der Waals surface area contributed by atoms with Crippen LogP contribution in [0.4, 0.5) is 4.39 Å². The van der Waals surface area contributed by atoms with E-state index in [1.165, 1.54) is 12.1 Å². The van der Waals surface area contributed by atoms with Crippen LogP contribution >= 0.6 is 0 Å². The van der Waals surface area contributed by atoms with E-state index in [4.69, 9.17) is 0 Å². The Labute approximate surface area is 75.0 Å². The number of benzene rings is 1. The van der Waals surface area contributed by atoms with Gasteiger partial charge in [-0.2, -0.15) is 0 Å². The molecule has 0 aliphatic heterocycles. The van der Waals surface area contributed by atoms with E-state index < -0.39 is 6.10 Å². The molecule has 1 atom stereocenters. The highest BCUT2D eigenvalue weighted by molar-refractivity contribution is 5.80. The van der Waals surface area contributed by atoms with Gasteiger partial charge in [-0.05, 0) is 31.2 Å². The molecular formula is C10H10FNO. The monoisotopic (exact) mass is 179 g/mol. The van der Waals surface area contributed by atoms with Crippen LogP contribution in [0.3, 0.4) is 0 Å². The second kappa shape index (κ2) is 2.85. The summed E-state index contributed by atoms with van der Waals surface area (Å²) in [5.41, 5.74) is 1.55. The highest BCUT2D eigenvalue weighted by atomic mass is 19.1. The molecule has 1 aromatic heterocycles. The van der Waals surface area contributed by atoms with Crippen molar-refractivity contribution in [2.75, 3.05) is 0 Å². The van der Waals surface area contributed by atoms with E-state index in [0.717, 1.165) is 10.9 Å². The smallest absolute Gasteiger partial charge is 0.123 e. The zero-order valence-corrected chi connectivity index (χ0v) is 7.21. The maximum Gasteiger partial charge on any atom is 0.123 e. The molecule has 1 unspecified atom stereocenters. The van der Waals surface area contributed by atoms with Gasteiger partial charge in [0.1, 0.15) is 5.82 Å². The molecule has 1 heterocycles. The topological polar surface area (TPSA) is 36.0 Å². The average Bonchev–Trinajstić information content (AvgIpc) is 2.46. The van der Waals surface area contributed by atoms with Gasteiger partial charge in [-0.1, -0.05) is 0 Å². The van der Waals surface area contributed by atoms with Crippen LogP contribution in [0.15, 0.2) is 24.3 Å². The van der Waals surface area contributed by atoms with Crippen molar-refractivity contribution in [1.82, 2.24) is 4.98 Å². The minimum absolute atomic E-state index is 0.261. The molecule has 0 aliphatic carbocycles. The van der Waals surface area contributed by atoms with Crippen molar-refractivity contribution in [1.29, 1.82) is 0 Å². The molecule has 0 saturated carbocycles. The molecule has 0 fully saturated rings. The molecular weight excluding hydrogens is 169 g/mol. The van der Waals surface area contributed by atoms with Gasteiger partial charge in [0.25, 0.3) is 0 Å². The van der Waals surface area contributed by atoms with Crippen molar-refractivity contribution in [3.05, 3.63) is 35.8 Å². The molecule has 3 heteroatoms. The number of rotatable bonds is 1. The summed E-state index contributed by atoms with van der Waals surface area (Å²) in [7, 11) is 0. The minimum Gasteiger partial charge on any atom is -0.387 e. The molecule has 0 aliphatic rings. The van der Waals surface area contributed by atoms with Gasteiger partial charge in [-0.15, -0.1) is 0 Å². The van der Waals surface area contributed by atoms with E-state index in [9.17, 15) is 9.50 Å². The number of hydrogen-bond donors (Lipinski definition) is 2. The van der Waals surface area contributed by atoms with Crippen LogP contribution in [0.25, 0.3) is 10.9 Å². The van der Waals surface area contributed by atoms with E-state index in [-0.39, 0.29) is 5.82 Å². The molecule has 0 bridgehead atoms. The van der Waals surface area contributed by atoms with Crippen molar-refractivity contribution in [3.8, 4) is 0 Å². The van der Waals surface area contributed by atoms with Crippen molar-refractivity contribution >= 4 is 10.9 Å². The maximum atomic E-state index is 12.8. The van der Waals surface area contributed by atoms with Crippen LogP contribution < -0.4 is 0 Å². The van der Waals surface area contributed by atoms with Gasteiger partial charge in [0.2, 0.25) is 0 Å². The number of halogens is 1. The minimum atomic E-state index is -0.546. The third kappa shape index (κ3) is 1.42. The Kier molecular flexibility index (Phi) is 1.81. The first-order valence-electron chi connectivity index (χ1n) is 4.13. The number of fused-ring (bicyclic) bond motifs is 1. The zero-order valence-electron chi connectivity index (χ0n) is 7.21. The lowest BCUT2D eigenvalue weighted by Crippen LogP contribution is -1.88. The molecule has 0 saturated heterocycles. The van der Waals surface area contributed by atoms with Gasteiger partial charge in [-0.25, -0.2) is 4.39 Å². The summed E-state index contributed by atoms with van der Waals surface area (Å²) in [5.74, 6) is -0.261. The molecule has 1 aromatic carbocycles. The fraction of sp³-hybridized carbons (Fsp3) is 0.200. The van der Waals surface area contributed by atoms with E-state index in [1.54, 1.807) is 19.1 Å². The molecule has 0 amide bonds. The van der Waals surface area contributed by atoms with Crippen molar-refractivity contribution < 1.29 is 9.50 Å². The molecule has 13 heavy (non-hydrogen) atoms. The molecule has 0 radical (unpaired) electrons. The number of aliphatic hydroxyl groups is 1. The first kappa shape index (κ1) is 8.26. The largest absolute Gasteiger partial charge is 0.387 e. The first-order chi connectivity index (χ1) is 6.16. The fourth-order valence-corrected chi connectivity index (χ4v) is 1.35. The number of nitrogens with one attached hydrogen (secondary N) is 1. The quantitative estimate of drug-likeness (QED) is 0.692. The number of aromatic amines is 1. The molecule has 2 aromatic rings. The summed E-state index contributed by atoms with van der Waals surface area (Å²) in [5, 5.41) is 10.1. The van der Waals surface area contributed by atoms with E-state index in [1.807, 2.05) is 0 Å². The number of aliphatic hydroxyl groups excluding tert-OH is 1. The Hall–Kier alpha value is -1.35. The van der Waals surface area contributed by atoms with Gasteiger partial charge < -0.3 is 10.1 Å². The summed E-state index contributed by atoms with van der Waals surface area (Å²) in [6.07, 6.45) is -0.546. The summed E-state index contributed by atoms with van der Waals surface area (Å²) in [6.45, 7) is 1.67. The van der Waals surface area contributed by atoms with E-state index in [2.05, 4.69) is 4.98 Å². The molecule has 2 N–H and O–H groups in total. The van der Waals surface area contributed by atoms with E-state index in [0.29, 0.717) is 5.69 Å². The number of hydrogen-bond acceptors (Lipinski definition) is 1. The Morgan fingerprint density at radius 1 is 1.38 bits per heavy atom. The SMILES string of the molecule is CC(O)c1cc2cc(F)ccc2[nH]1. The zero-order chi connectivity index (χ0) is 9.42. The van der Waals surface area contributed by atoms with Gasteiger partial charge in [0.15, 0.2) is 0 Å². The van der Waals surface area contributed by atoms with Crippen LogP contribution in [-0.4, -0.2) is 10.1 Å². The number of aromatic nitrogens is 1. The Morgan fingerprint density at radius 3 is 2.85 bits per heavy atom. The van der Waals surface area contributed by atoms with Gasteiger partial charge in [0.05, 0.1) is 6.10 Å². The molecule has 68 valence electrons. The van der Waals surface area contributed by atoms with Crippen LogP contribution in [0.2, 0.25) is 0 Å². The standard InChI is InChI=1S/C10H10FNO/c1-6(13)10-5-7-4-8(11)2-3-9(7)12-10/h2-6,12-13H,1H3. The van der Waals surface area contributed by atoms with Crippen molar-refractivity contribution in [2.24, 2.45) is 0 Å². The van der Waals surface area contributed by atoms with Crippen molar-refractivity contribution in [2.45, 2.75) is 13.0 Å². The van der Waals surface area contributed by atoms with Crippen LogP contribution in [0.1, 0.15) is 18.7 Å². The highest BCUT2D eigenvalue weighted by Gasteiger charge is 2.05. The predicted molar refractivity (Wildman–Crippen MR) is 48.9 cm³/mol. The summed E-state index contributed by atoms with van der Waals surface area (Å²) in [6, 6.07) is 6.25. The van der Waals surface area contributed by atoms with Crippen LogP contribution in [0.5, 0.6) is 0 Å². The molecule has 0 spiro atoms. The van der Waals surface area contributed by atoms with Gasteiger partial charge in [-0.3, -0.25) is 0 Å². The van der Waals surface area contributed by atoms with E-state index >= 15 is 0 Å². The Balaban J connectivity index is 2.62. The lowest BCUT2D eigenvalue weighted by molar-refractivity contribution is 0.195. The van der Waals surface area contributed by atoms with Crippen LogP contribution in [-0.2, 0) is 0 Å². The normalized spacial score (nSPS) is 13.5. The molecule has 2 nitrogen and oxygen atoms in total. The maximum absolute atomic E-state index is 12.8. The second-order valence-electron chi connectivity index (χ2n) is 3.13. The lowest BCUT2D eigenvalue weighted by atomic mass is 10.2. The van der Waals surface area contributed by atoms with Gasteiger partial charge >= 0.3 is 0 Å². The summed E-state index contributed by atoms with van der Waals surface area (Å²) >= 11 is 0. The number of H-pyrrole nitrogens is 1. The average molecular weight is 179 g/mol. The third-order valence-corrected chi connectivity index (χ3v) is 2.05. The molecule has 2 rings (SSSR count). The van der Waals surface area contributed by atoms with Crippen LogP contribution in [0, 0.1) is 5.82 Å². The highest BCUT2D eigenvalue weighted by Crippen LogP contribution is 2.20. The summed E-state index contributed by atoms with van der Waals surface area (Å²) in [4.78, 5) is 3.01. The Bertz CT molecular complexity index is 433. The fourth-order valence-electron chi connectivity index (χ4n) is 1.35. The second-order valence-corrected chi connectivity index (χ2v) is 3.13. The van der Waals surface area contributed by atoms with Gasteiger partial charge in [0, 0.05) is 16.6 Å². The lowest BCUT2D eigenvalue weighted by Gasteiger charge is -1.97. The predicted octanol–water partition coefficient (Wildman–Crippen LogP) is 2.36. The third-order valence-electron chi connectivity index (χ3n) is 2.05.